The van der Waals surface area contributed by atoms with Crippen molar-refractivity contribution < 1.29 is 9.84 Å². The molecular weight excluding hydrogens is 198 g/mol. The molecule has 0 atom stereocenters. The van der Waals surface area contributed by atoms with E-state index in [0.29, 0.717) is 25.6 Å². The maximum Gasteiger partial charge on any atom is 0.252 e. The highest BCUT2D eigenvalue weighted by atomic mass is 16.5. The minimum absolute atomic E-state index is 0.0447. The molecule has 0 radical (unpaired) electrons. The number of H-pyrrole nitrogens is 1. The molecule has 1 heterocycles. The van der Waals surface area contributed by atoms with Gasteiger partial charge in [0, 0.05) is 19.2 Å². The highest BCUT2D eigenvalue weighted by Crippen LogP contribution is 1.94. The summed E-state index contributed by atoms with van der Waals surface area (Å²) in [4.78, 5) is 17.2. The number of nitrogens with one attached hydrogen (secondary N) is 2. The summed E-state index contributed by atoms with van der Waals surface area (Å²) in [5, 5.41) is 11.4. The molecule has 0 aliphatic carbocycles. The molecule has 0 bridgehead atoms. The van der Waals surface area contributed by atoms with Crippen LogP contribution in [0.4, 0.5) is 5.82 Å². The zero-order chi connectivity index (χ0) is 10.9. The van der Waals surface area contributed by atoms with Crippen LogP contribution in [0.3, 0.4) is 0 Å². The molecule has 3 N–H and O–H groups in total. The number of aliphatic hydroxyl groups excluding tert-OH is 1. The van der Waals surface area contributed by atoms with Gasteiger partial charge in [-0.05, 0) is 6.42 Å². The summed E-state index contributed by atoms with van der Waals surface area (Å²) in [7, 11) is 0. The van der Waals surface area contributed by atoms with E-state index in [1.165, 1.54) is 12.4 Å². The number of aliphatic hydroxyl groups is 1. The Labute approximate surface area is 87.3 Å². The molecule has 0 amide bonds. The topological polar surface area (TPSA) is 87.2 Å². The number of aromatic nitrogens is 2. The van der Waals surface area contributed by atoms with Crippen molar-refractivity contribution in [1.29, 1.82) is 0 Å². The highest BCUT2D eigenvalue weighted by Gasteiger charge is 1.93. The first kappa shape index (κ1) is 11.7. The first-order valence-corrected chi connectivity index (χ1v) is 4.80. The molecule has 15 heavy (non-hydrogen) atoms. The lowest BCUT2D eigenvalue weighted by atomic mass is 10.4. The Morgan fingerprint density at radius 3 is 3.13 bits per heavy atom. The van der Waals surface area contributed by atoms with Crippen LogP contribution in [0.1, 0.15) is 6.42 Å². The Kier molecular flexibility index (Phi) is 5.42. The van der Waals surface area contributed by atoms with E-state index < -0.39 is 0 Å². The average molecular weight is 213 g/mol. The van der Waals surface area contributed by atoms with Crippen LogP contribution in [0.5, 0.6) is 0 Å². The molecule has 6 heteroatoms. The molecule has 0 spiro atoms. The summed E-state index contributed by atoms with van der Waals surface area (Å²) < 4.78 is 5.07. The van der Waals surface area contributed by atoms with Gasteiger partial charge in [0.15, 0.2) is 0 Å². The molecule has 0 aliphatic rings. The third-order valence-corrected chi connectivity index (χ3v) is 1.69. The lowest BCUT2D eigenvalue weighted by Crippen LogP contribution is -2.11. The Morgan fingerprint density at radius 1 is 1.53 bits per heavy atom. The number of ether oxygens (including phenoxy) is 1. The van der Waals surface area contributed by atoms with E-state index in [9.17, 15) is 4.79 Å². The van der Waals surface area contributed by atoms with E-state index >= 15 is 0 Å². The molecule has 0 aliphatic heterocycles. The van der Waals surface area contributed by atoms with Crippen LogP contribution in [0.15, 0.2) is 17.2 Å². The van der Waals surface area contributed by atoms with Crippen LogP contribution in [0, 0.1) is 0 Å². The van der Waals surface area contributed by atoms with Crippen molar-refractivity contribution in [3.8, 4) is 0 Å². The SMILES string of the molecule is O=c1cc(NCCCOCCO)nc[nH]1. The van der Waals surface area contributed by atoms with Gasteiger partial charge in [0.1, 0.15) is 5.82 Å². The van der Waals surface area contributed by atoms with Gasteiger partial charge < -0.3 is 20.1 Å². The maximum absolute atomic E-state index is 10.9. The number of rotatable bonds is 7. The van der Waals surface area contributed by atoms with Crippen LogP contribution >= 0.6 is 0 Å². The first-order valence-electron chi connectivity index (χ1n) is 4.80. The van der Waals surface area contributed by atoms with Crippen molar-refractivity contribution in [2.24, 2.45) is 0 Å². The molecule has 0 saturated heterocycles. The summed E-state index contributed by atoms with van der Waals surface area (Å²) in [5.74, 6) is 0.556. The summed E-state index contributed by atoms with van der Waals surface area (Å²) in [6, 6.07) is 1.40. The highest BCUT2D eigenvalue weighted by molar-refractivity contribution is 5.31. The zero-order valence-corrected chi connectivity index (χ0v) is 8.40. The first-order chi connectivity index (χ1) is 7.33. The van der Waals surface area contributed by atoms with E-state index in [1.54, 1.807) is 0 Å². The van der Waals surface area contributed by atoms with E-state index in [4.69, 9.17) is 9.84 Å². The molecular formula is C9H15N3O3. The van der Waals surface area contributed by atoms with Crippen molar-refractivity contribution in [1.82, 2.24) is 9.97 Å². The second kappa shape index (κ2) is 6.97. The Hall–Kier alpha value is -1.40. The molecule has 6 nitrogen and oxygen atoms in total. The third-order valence-electron chi connectivity index (χ3n) is 1.69. The lowest BCUT2D eigenvalue weighted by molar-refractivity contribution is 0.0922. The smallest absolute Gasteiger partial charge is 0.252 e. The predicted octanol–water partition coefficient (Wildman–Crippen LogP) is -0.419. The normalized spacial score (nSPS) is 10.2. The quantitative estimate of drug-likeness (QED) is 0.535. The number of hydrogen-bond donors (Lipinski definition) is 3. The van der Waals surface area contributed by atoms with Gasteiger partial charge in [0.25, 0.3) is 5.56 Å². The minimum atomic E-state index is -0.177. The van der Waals surface area contributed by atoms with Crippen LogP contribution in [-0.4, -0.2) is 41.4 Å². The van der Waals surface area contributed by atoms with Crippen LogP contribution < -0.4 is 10.9 Å². The Balaban J connectivity index is 2.12. The second-order valence-electron chi connectivity index (χ2n) is 2.91. The third kappa shape index (κ3) is 5.14. The zero-order valence-electron chi connectivity index (χ0n) is 8.40. The lowest BCUT2D eigenvalue weighted by Gasteiger charge is -2.04. The fourth-order valence-corrected chi connectivity index (χ4v) is 1.02. The molecule has 0 unspecified atom stereocenters. The van der Waals surface area contributed by atoms with Gasteiger partial charge >= 0.3 is 0 Å². The van der Waals surface area contributed by atoms with Gasteiger partial charge in [-0.25, -0.2) is 4.98 Å². The van der Waals surface area contributed by atoms with Crippen LogP contribution in [0.25, 0.3) is 0 Å². The summed E-state index contributed by atoms with van der Waals surface area (Å²) in [6.45, 7) is 1.67. The number of nitrogens with zero attached hydrogens (tertiary/aromatic N) is 1. The molecule has 1 rings (SSSR count). The number of anilines is 1. The van der Waals surface area contributed by atoms with E-state index in [-0.39, 0.29) is 12.2 Å². The van der Waals surface area contributed by atoms with Crippen molar-refractivity contribution in [3.63, 3.8) is 0 Å². The summed E-state index contributed by atoms with van der Waals surface area (Å²) >= 11 is 0. The fraction of sp³-hybridized carbons (Fsp3) is 0.556. The summed E-state index contributed by atoms with van der Waals surface area (Å²) in [5.41, 5.74) is -0.177. The Bertz CT molecular complexity index is 326. The van der Waals surface area contributed by atoms with Gasteiger partial charge in [-0.2, -0.15) is 0 Å². The van der Waals surface area contributed by atoms with Gasteiger partial charge in [-0.1, -0.05) is 0 Å². The maximum atomic E-state index is 10.9. The molecule has 0 fully saturated rings. The van der Waals surface area contributed by atoms with Crippen molar-refractivity contribution >= 4 is 5.82 Å². The van der Waals surface area contributed by atoms with Crippen LogP contribution in [0.2, 0.25) is 0 Å². The standard InChI is InChI=1S/C9H15N3O3/c13-3-5-15-4-1-2-10-8-6-9(14)12-7-11-8/h6-7,13H,1-5H2,(H2,10,11,12,14). The van der Waals surface area contributed by atoms with Crippen molar-refractivity contribution in [3.05, 3.63) is 22.7 Å². The fourth-order valence-electron chi connectivity index (χ4n) is 1.02. The Morgan fingerprint density at radius 2 is 2.40 bits per heavy atom. The molecule has 0 saturated carbocycles. The predicted molar refractivity (Wildman–Crippen MR) is 55.9 cm³/mol. The van der Waals surface area contributed by atoms with Gasteiger partial charge in [-0.15, -0.1) is 0 Å². The largest absolute Gasteiger partial charge is 0.394 e. The van der Waals surface area contributed by atoms with Crippen molar-refractivity contribution in [2.75, 3.05) is 31.7 Å². The van der Waals surface area contributed by atoms with E-state index in [1.807, 2.05) is 0 Å². The molecule has 84 valence electrons. The average Bonchev–Trinajstić information content (AvgIpc) is 2.23. The van der Waals surface area contributed by atoms with E-state index in [0.717, 1.165) is 6.42 Å². The van der Waals surface area contributed by atoms with Gasteiger partial charge in [0.05, 0.1) is 19.5 Å². The van der Waals surface area contributed by atoms with E-state index in [2.05, 4.69) is 15.3 Å². The summed E-state index contributed by atoms with van der Waals surface area (Å²) in [6.07, 6.45) is 2.15. The minimum Gasteiger partial charge on any atom is -0.394 e. The molecule has 0 aromatic carbocycles. The second-order valence-corrected chi connectivity index (χ2v) is 2.91. The number of hydrogen-bond acceptors (Lipinski definition) is 5. The van der Waals surface area contributed by atoms with Crippen LogP contribution in [-0.2, 0) is 4.74 Å². The number of aromatic amines is 1. The van der Waals surface area contributed by atoms with Gasteiger partial charge in [-0.3, -0.25) is 4.79 Å². The van der Waals surface area contributed by atoms with Crippen molar-refractivity contribution in [2.45, 2.75) is 6.42 Å². The van der Waals surface area contributed by atoms with Gasteiger partial charge in [0.2, 0.25) is 0 Å². The monoisotopic (exact) mass is 213 g/mol. The molecule has 1 aromatic rings. The molecule has 1 aromatic heterocycles.